The molecule has 1 rings (SSSR count). The van der Waals surface area contributed by atoms with Gasteiger partial charge in [-0.2, -0.15) is 0 Å². The van der Waals surface area contributed by atoms with E-state index >= 15 is 0 Å². The van der Waals surface area contributed by atoms with E-state index in [1.807, 2.05) is 0 Å². The summed E-state index contributed by atoms with van der Waals surface area (Å²) in [6.45, 7) is -0.0675. The Hall–Kier alpha value is -0.750. The number of rotatable bonds is 3. The molecule has 0 aromatic rings. The first kappa shape index (κ1) is 11.3. The molecule has 82 valence electrons. The number of halogens is 2. The van der Waals surface area contributed by atoms with Crippen LogP contribution in [0.1, 0.15) is 6.42 Å². The molecule has 1 aliphatic rings. The minimum Gasteiger partial charge on any atom is -0.379 e. The zero-order valence-corrected chi connectivity index (χ0v) is 8.00. The number of nitrogens with two attached hydrogens (primary N) is 1. The summed E-state index contributed by atoms with van der Waals surface area (Å²) in [6, 6.07) is 0. The van der Waals surface area contributed by atoms with Crippen LogP contribution in [0.2, 0.25) is 0 Å². The standard InChI is InChI=1S/C8H14F2N2O2/c1-12(4-6(9)10)7(13)8(11)2-3-14-5-8/h6H,2-5,11H2,1H3. The van der Waals surface area contributed by atoms with Crippen LogP contribution in [-0.2, 0) is 9.53 Å². The van der Waals surface area contributed by atoms with Gasteiger partial charge < -0.3 is 15.4 Å². The minimum atomic E-state index is -2.53. The Morgan fingerprint density at radius 3 is 2.79 bits per heavy atom. The maximum Gasteiger partial charge on any atom is 0.255 e. The molecule has 1 heterocycles. The van der Waals surface area contributed by atoms with Crippen LogP contribution in [0.25, 0.3) is 0 Å². The second kappa shape index (κ2) is 4.18. The van der Waals surface area contributed by atoms with E-state index in [1.165, 1.54) is 7.05 Å². The van der Waals surface area contributed by atoms with Gasteiger partial charge in [-0.1, -0.05) is 0 Å². The van der Waals surface area contributed by atoms with Gasteiger partial charge in [-0.05, 0) is 6.42 Å². The maximum atomic E-state index is 12.0. The number of amides is 1. The fraction of sp³-hybridized carbons (Fsp3) is 0.875. The van der Waals surface area contributed by atoms with Gasteiger partial charge in [0.15, 0.2) is 0 Å². The van der Waals surface area contributed by atoms with E-state index in [1.54, 1.807) is 0 Å². The lowest BCUT2D eigenvalue weighted by Crippen LogP contribution is -2.55. The molecule has 0 radical (unpaired) electrons. The third kappa shape index (κ3) is 2.39. The van der Waals surface area contributed by atoms with Crippen LogP contribution in [0.4, 0.5) is 8.78 Å². The van der Waals surface area contributed by atoms with Gasteiger partial charge in [0.25, 0.3) is 6.43 Å². The first-order valence-corrected chi connectivity index (χ1v) is 4.36. The van der Waals surface area contributed by atoms with Gasteiger partial charge in [0.05, 0.1) is 13.2 Å². The summed E-state index contributed by atoms with van der Waals surface area (Å²) in [6.07, 6.45) is -2.14. The molecule has 14 heavy (non-hydrogen) atoms. The summed E-state index contributed by atoms with van der Waals surface area (Å²) in [5.74, 6) is -0.477. The average Bonchev–Trinajstić information content (AvgIpc) is 2.51. The minimum absolute atomic E-state index is 0.111. The molecule has 6 heteroatoms. The molecule has 0 aromatic carbocycles. The molecule has 0 saturated carbocycles. The number of alkyl halides is 2. The fourth-order valence-corrected chi connectivity index (χ4v) is 1.42. The molecule has 0 spiro atoms. The SMILES string of the molecule is CN(CC(F)F)C(=O)C1(N)CCOC1. The van der Waals surface area contributed by atoms with E-state index in [-0.39, 0.29) is 6.61 Å². The third-order valence-corrected chi connectivity index (χ3v) is 2.24. The number of nitrogens with zero attached hydrogens (tertiary/aromatic N) is 1. The van der Waals surface area contributed by atoms with Crippen molar-refractivity contribution in [2.45, 2.75) is 18.4 Å². The molecule has 1 aliphatic heterocycles. The van der Waals surface area contributed by atoms with Crippen molar-refractivity contribution in [3.8, 4) is 0 Å². The fourth-order valence-electron chi connectivity index (χ4n) is 1.42. The normalized spacial score (nSPS) is 26.9. The van der Waals surface area contributed by atoms with Crippen molar-refractivity contribution in [3.05, 3.63) is 0 Å². The Labute approximate surface area is 81.0 Å². The second-order valence-corrected chi connectivity index (χ2v) is 3.54. The Balaban J connectivity index is 2.55. The maximum absolute atomic E-state index is 12.0. The second-order valence-electron chi connectivity index (χ2n) is 3.54. The van der Waals surface area contributed by atoms with Crippen LogP contribution in [-0.4, -0.2) is 49.6 Å². The van der Waals surface area contributed by atoms with Gasteiger partial charge >= 0.3 is 0 Å². The molecule has 0 bridgehead atoms. The van der Waals surface area contributed by atoms with E-state index in [9.17, 15) is 13.6 Å². The first-order chi connectivity index (χ1) is 6.46. The van der Waals surface area contributed by atoms with Gasteiger partial charge in [0.2, 0.25) is 5.91 Å². The van der Waals surface area contributed by atoms with Crippen LogP contribution < -0.4 is 5.73 Å². The van der Waals surface area contributed by atoms with E-state index < -0.39 is 24.4 Å². The molecule has 1 fully saturated rings. The predicted molar refractivity (Wildman–Crippen MR) is 46.0 cm³/mol. The third-order valence-electron chi connectivity index (χ3n) is 2.24. The average molecular weight is 208 g/mol. The van der Waals surface area contributed by atoms with Crippen LogP contribution in [0.3, 0.4) is 0 Å². The molecule has 0 aromatic heterocycles. The zero-order chi connectivity index (χ0) is 10.8. The number of ether oxygens (including phenoxy) is 1. The van der Waals surface area contributed by atoms with Crippen molar-refractivity contribution in [2.24, 2.45) is 5.73 Å². The van der Waals surface area contributed by atoms with Gasteiger partial charge in [-0.25, -0.2) is 8.78 Å². The van der Waals surface area contributed by atoms with E-state index in [2.05, 4.69) is 0 Å². The quantitative estimate of drug-likeness (QED) is 0.700. The topological polar surface area (TPSA) is 55.6 Å². The van der Waals surface area contributed by atoms with Crippen LogP contribution in [0.15, 0.2) is 0 Å². The van der Waals surface area contributed by atoms with E-state index in [0.717, 1.165) is 4.90 Å². The summed E-state index contributed by atoms with van der Waals surface area (Å²) in [5, 5.41) is 0. The van der Waals surface area contributed by atoms with Crippen molar-refractivity contribution >= 4 is 5.91 Å². The van der Waals surface area contributed by atoms with Gasteiger partial charge in [0.1, 0.15) is 5.54 Å². The highest BCUT2D eigenvalue weighted by Gasteiger charge is 2.40. The summed E-state index contributed by atoms with van der Waals surface area (Å²) in [7, 11) is 1.32. The number of hydrogen-bond donors (Lipinski definition) is 1. The van der Waals surface area contributed by atoms with Crippen LogP contribution in [0.5, 0.6) is 0 Å². The number of carbonyl (C=O) groups excluding carboxylic acids is 1. The van der Waals surface area contributed by atoms with Crippen molar-refractivity contribution in [3.63, 3.8) is 0 Å². The number of hydrogen-bond acceptors (Lipinski definition) is 3. The number of likely N-dealkylation sites (N-methyl/N-ethyl adjacent to an activating group) is 1. The summed E-state index contributed by atoms with van der Waals surface area (Å²) < 4.78 is 29.0. The van der Waals surface area contributed by atoms with Gasteiger partial charge in [0, 0.05) is 13.7 Å². The lowest BCUT2D eigenvalue weighted by atomic mass is 9.98. The Bertz CT molecular complexity index is 217. The summed E-state index contributed by atoms with van der Waals surface area (Å²) in [5.41, 5.74) is 4.61. The van der Waals surface area contributed by atoms with Crippen LogP contribution in [0, 0.1) is 0 Å². The molecular weight excluding hydrogens is 194 g/mol. The van der Waals surface area contributed by atoms with E-state index in [0.29, 0.717) is 13.0 Å². The van der Waals surface area contributed by atoms with Gasteiger partial charge in [-0.3, -0.25) is 4.79 Å². The monoisotopic (exact) mass is 208 g/mol. The highest BCUT2D eigenvalue weighted by Crippen LogP contribution is 2.18. The molecule has 1 saturated heterocycles. The van der Waals surface area contributed by atoms with Crippen molar-refractivity contribution in [1.82, 2.24) is 4.90 Å². The van der Waals surface area contributed by atoms with E-state index in [4.69, 9.17) is 10.5 Å². The lowest BCUT2D eigenvalue weighted by Gasteiger charge is -2.27. The Kier molecular flexibility index (Phi) is 3.38. The molecule has 1 unspecified atom stereocenters. The summed E-state index contributed by atoms with van der Waals surface area (Å²) in [4.78, 5) is 12.5. The molecule has 1 atom stereocenters. The molecule has 0 aliphatic carbocycles. The first-order valence-electron chi connectivity index (χ1n) is 4.36. The van der Waals surface area contributed by atoms with Crippen molar-refractivity contribution in [2.75, 3.05) is 26.8 Å². The zero-order valence-electron chi connectivity index (χ0n) is 8.00. The smallest absolute Gasteiger partial charge is 0.255 e. The highest BCUT2D eigenvalue weighted by atomic mass is 19.3. The molecule has 1 amide bonds. The van der Waals surface area contributed by atoms with Crippen molar-refractivity contribution in [1.29, 1.82) is 0 Å². The van der Waals surface area contributed by atoms with Crippen molar-refractivity contribution < 1.29 is 18.3 Å². The van der Waals surface area contributed by atoms with Crippen LogP contribution >= 0.6 is 0 Å². The largest absolute Gasteiger partial charge is 0.379 e. The summed E-state index contributed by atoms with van der Waals surface area (Å²) >= 11 is 0. The highest BCUT2D eigenvalue weighted by molar-refractivity contribution is 5.86. The Morgan fingerprint density at radius 1 is 1.71 bits per heavy atom. The Morgan fingerprint density at radius 2 is 2.36 bits per heavy atom. The molecule has 4 nitrogen and oxygen atoms in total. The lowest BCUT2D eigenvalue weighted by molar-refractivity contribution is -0.137. The predicted octanol–water partition coefficient (Wildman–Crippen LogP) is -0.172. The molecular formula is C8H14F2N2O2. The molecule has 2 N–H and O–H groups in total. The number of carbonyl (C=O) groups is 1. The van der Waals surface area contributed by atoms with Gasteiger partial charge in [-0.15, -0.1) is 0 Å².